The van der Waals surface area contributed by atoms with Gasteiger partial charge in [-0.05, 0) is 36.4 Å². The first-order valence-corrected chi connectivity index (χ1v) is 5.64. The lowest BCUT2D eigenvalue weighted by molar-refractivity contribution is 0.100. The molecule has 3 N–H and O–H groups in total. The van der Waals surface area contributed by atoms with E-state index in [1.54, 1.807) is 24.3 Å². The van der Waals surface area contributed by atoms with Crippen LogP contribution >= 0.6 is 0 Å². The highest BCUT2D eigenvalue weighted by molar-refractivity contribution is 5.93. The van der Waals surface area contributed by atoms with Crippen molar-refractivity contribution in [2.24, 2.45) is 5.73 Å². The molecule has 2 rings (SSSR count). The van der Waals surface area contributed by atoms with E-state index in [4.69, 9.17) is 5.73 Å². The molecule has 0 atom stereocenters. The molecule has 0 fully saturated rings. The third-order valence-electron chi connectivity index (χ3n) is 2.64. The summed E-state index contributed by atoms with van der Waals surface area (Å²) >= 11 is 0. The highest BCUT2D eigenvalue weighted by Gasteiger charge is 2.05. The van der Waals surface area contributed by atoms with E-state index in [2.05, 4.69) is 5.32 Å². The molecule has 0 saturated carbocycles. The van der Waals surface area contributed by atoms with Gasteiger partial charge in [0.05, 0.1) is 0 Å². The van der Waals surface area contributed by atoms with Gasteiger partial charge in [-0.2, -0.15) is 0 Å². The summed E-state index contributed by atoms with van der Waals surface area (Å²) in [5.74, 6) is -1.52. The molecule has 19 heavy (non-hydrogen) atoms. The van der Waals surface area contributed by atoms with Crippen LogP contribution in [0.4, 0.5) is 14.5 Å². The van der Waals surface area contributed by atoms with Crippen molar-refractivity contribution in [1.82, 2.24) is 0 Å². The van der Waals surface area contributed by atoms with Gasteiger partial charge in [0.15, 0.2) is 0 Å². The Morgan fingerprint density at radius 1 is 1.16 bits per heavy atom. The van der Waals surface area contributed by atoms with Crippen LogP contribution in [-0.2, 0) is 6.54 Å². The Labute approximate surface area is 109 Å². The molecule has 3 nitrogen and oxygen atoms in total. The Hall–Kier alpha value is -2.43. The van der Waals surface area contributed by atoms with E-state index >= 15 is 0 Å². The van der Waals surface area contributed by atoms with Gasteiger partial charge in [0.1, 0.15) is 11.6 Å². The number of amides is 1. The van der Waals surface area contributed by atoms with Crippen molar-refractivity contribution in [3.8, 4) is 0 Å². The third-order valence-corrected chi connectivity index (χ3v) is 2.64. The molecule has 2 aromatic rings. The average molecular weight is 262 g/mol. The zero-order valence-corrected chi connectivity index (χ0v) is 9.99. The van der Waals surface area contributed by atoms with Crippen molar-refractivity contribution < 1.29 is 13.6 Å². The maximum Gasteiger partial charge on any atom is 0.248 e. The fourth-order valence-corrected chi connectivity index (χ4v) is 1.66. The Kier molecular flexibility index (Phi) is 3.75. The van der Waals surface area contributed by atoms with Crippen molar-refractivity contribution >= 4 is 11.6 Å². The second kappa shape index (κ2) is 5.48. The van der Waals surface area contributed by atoms with Gasteiger partial charge in [-0.25, -0.2) is 8.78 Å². The Bertz CT molecular complexity index is 614. The number of nitrogens with two attached hydrogens (primary N) is 1. The number of carbonyl (C=O) groups is 1. The van der Waals surface area contributed by atoms with Crippen molar-refractivity contribution in [3.05, 3.63) is 65.2 Å². The quantitative estimate of drug-likeness (QED) is 0.890. The molecular formula is C14H12F2N2O. The molecule has 0 aliphatic rings. The van der Waals surface area contributed by atoms with Crippen molar-refractivity contribution in [3.63, 3.8) is 0 Å². The molecule has 0 saturated heterocycles. The minimum absolute atomic E-state index is 0.117. The molecule has 0 aliphatic heterocycles. The lowest BCUT2D eigenvalue weighted by atomic mass is 10.1. The second-order valence-electron chi connectivity index (χ2n) is 4.03. The topological polar surface area (TPSA) is 55.1 Å². The van der Waals surface area contributed by atoms with E-state index in [9.17, 15) is 13.6 Å². The number of hydrogen-bond acceptors (Lipinski definition) is 2. The number of primary amides is 1. The molecule has 2 aromatic carbocycles. The van der Waals surface area contributed by atoms with Crippen LogP contribution in [0, 0.1) is 11.6 Å². The van der Waals surface area contributed by atoms with Crippen molar-refractivity contribution in [2.75, 3.05) is 5.32 Å². The summed E-state index contributed by atoms with van der Waals surface area (Å²) in [7, 11) is 0. The first-order chi connectivity index (χ1) is 9.06. The maximum absolute atomic E-state index is 13.4. The zero-order chi connectivity index (χ0) is 13.8. The van der Waals surface area contributed by atoms with Gasteiger partial charge in [-0.1, -0.05) is 6.07 Å². The summed E-state index contributed by atoms with van der Waals surface area (Å²) in [6.07, 6.45) is 0. The first kappa shape index (κ1) is 13.0. The lowest BCUT2D eigenvalue weighted by Crippen LogP contribution is -2.11. The van der Waals surface area contributed by atoms with Gasteiger partial charge in [0, 0.05) is 23.4 Å². The van der Waals surface area contributed by atoms with Crippen molar-refractivity contribution in [2.45, 2.75) is 6.54 Å². The standard InChI is InChI=1S/C14H12F2N2O/c15-11-4-5-13(16)10(6-11)8-18-12-3-1-2-9(7-12)14(17)19/h1-7,18H,8H2,(H2,17,19). The fourth-order valence-electron chi connectivity index (χ4n) is 1.66. The van der Waals surface area contributed by atoms with Gasteiger partial charge in [-0.3, -0.25) is 4.79 Å². The van der Waals surface area contributed by atoms with Gasteiger partial charge >= 0.3 is 0 Å². The molecular weight excluding hydrogens is 250 g/mol. The van der Waals surface area contributed by atoms with Crippen molar-refractivity contribution in [1.29, 1.82) is 0 Å². The zero-order valence-electron chi connectivity index (χ0n) is 9.99. The smallest absolute Gasteiger partial charge is 0.248 e. The fraction of sp³-hybridized carbons (Fsp3) is 0.0714. The summed E-state index contributed by atoms with van der Waals surface area (Å²) in [4.78, 5) is 11.0. The minimum atomic E-state index is -0.541. The number of hydrogen-bond donors (Lipinski definition) is 2. The van der Waals surface area contributed by atoms with Crippen LogP contribution < -0.4 is 11.1 Å². The van der Waals surface area contributed by atoms with Gasteiger partial charge < -0.3 is 11.1 Å². The normalized spacial score (nSPS) is 10.2. The second-order valence-corrected chi connectivity index (χ2v) is 4.03. The van der Waals surface area contributed by atoms with Crippen LogP contribution in [0.15, 0.2) is 42.5 Å². The summed E-state index contributed by atoms with van der Waals surface area (Å²) in [5.41, 5.74) is 6.33. The minimum Gasteiger partial charge on any atom is -0.381 e. The van der Waals surface area contributed by atoms with Crippen LogP contribution in [-0.4, -0.2) is 5.91 Å². The summed E-state index contributed by atoms with van der Waals surface area (Å²) in [6.45, 7) is 0.117. The van der Waals surface area contributed by atoms with Crippen LogP contribution in [0.25, 0.3) is 0 Å². The van der Waals surface area contributed by atoms with E-state index in [-0.39, 0.29) is 12.1 Å². The molecule has 0 aliphatic carbocycles. The van der Waals surface area contributed by atoms with Crippen LogP contribution in [0.2, 0.25) is 0 Å². The highest BCUT2D eigenvalue weighted by atomic mass is 19.1. The van der Waals surface area contributed by atoms with E-state index in [0.717, 1.165) is 18.2 Å². The van der Waals surface area contributed by atoms with Gasteiger partial charge in [-0.15, -0.1) is 0 Å². The van der Waals surface area contributed by atoms with Crippen LogP contribution in [0.3, 0.4) is 0 Å². The van der Waals surface area contributed by atoms with E-state index in [1.165, 1.54) is 0 Å². The number of anilines is 1. The first-order valence-electron chi connectivity index (χ1n) is 5.64. The molecule has 5 heteroatoms. The summed E-state index contributed by atoms with van der Waals surface area (Å²) < 4.78 is 26.4. The number of rotatable bonds is 4. The molecule has 98 valence electrons. The van der Waals surface area contributed by atoms with Gasteiger partial charge in [0.25, 0.3) is 0 Å². The predicted molar refractivity (Wildman–Crippen MR) is 68.6 cm³/mol. The predicted octanol–water partition coefficient (Wildman–Crippen LogP) is 2.68. The third kappa shape index (κ3) is 3.28. The average Bonchev–Trinajstić information content (AvgIpc) is 2.40. The number of nitrogens with one attached hydrogen (secondary N) is 1. The molecule has 0 heterocycles. The lowest BCUT2D eigenvalue weighted by Gasteiger charge is -2.08. The summed E-state index contributed by atoms with van der Waals surface area (Å²) in [6, 6.07) is 9.77. The number of carbonyl (C=O) groups excluding carboxylic acids is 1. The Balaban J connectivity index is 2.12. The summed E-state index contributed by atoms with van der Waals surface area (Å²) in [5, 5.41) is 2.91. The molecule has 0 bridgehead atoms. The van der Waals surface area contributed by atoms with Gasteiger partial charge in [0.2, 0.25) is 5.91 Å². The Morgan fingerprint density at radius 3 is 2.68 bits per heavy atom. The molecule has 0 aromatic heterocycles. The molecule has 0 radical (unpaired) electrons. The molecule has 0 unspecified atom stereocenters. The van der Waals surface area contributed by atoms with Crippen LogP contribution in [0.1, 0.15) is 15.9 Å². The Morgan fingerprint density at radius 2 is 1.95 bits per heavy atom. The van der Waals surface area contributed by atoms with E-state index in [0.29, 0.717) is 11.3 Å². The monoisotopic (exact) mass is 262 g/mol. The van der Waals surface area contributed by atoms with E-state index < -0.39 is 17.5 Å². The molecule has 0 spiro atoms. The van der Waals surface area contributed by atoms with E-state index in [1.807, 2.05) is 0 Å². The maximum atomic E-state index is 13.4. The largest absolute Gasteiger partial charge is 0.381 e. The SMILES string of the molecule is NC(=O)c1cccc(NCc2cc(F)ccc2F)c1. The van der Waals surface area contributed by atoms with Crippen LogP contribution in [0.5, 0.6) is 0 Å². The molecule has 1 amide bonds. The number of benzene rings is 2. The highest BCUT2D eigenvalue weighted by Crippen LogP contribution is 2.14. The number of halogens is 2.